The molecule has 1 N–H and O–H groups in total. The highest BCUT2D eigenvalue weighted by Gasteiger charge is 2.41. The van der Waals surface area contributed by atoms with Gasteiger partial charge in [0.2, 0.25) is 10.0 Å². The highest BCUT2D eigenvalue weighted by atomic mass is 35.5. The average molecular weight is 325 g/mol. The molecular formula is C10H13ClN2O4S2. The Morgan fingerprint density at radius 3 is 2.68 bits per heavy atom. The molecular weight excluding hydrogens is 312 g/mol. The van der Waals surface area contributed by atoms with Crippen LogP contribution in [-0.4, -0.2) is 38.9 Å². The normalized spacial score (nSPS) is 26.4. The quantitative estimate of drug-likeness (QED) is 0.821. The van der Waals surface area contributed by atoms with Gasteiger partial charge in [0.05, 0.1) is 11.5 Å². The smallest absolute Gasteiger partial charge is 0.243 e. The van der Waals surface area contributed by atoms with Gasteiger partial charge in [-0.2, -0.15) is 0 Å². The Bertz CT molecular complexity index is 702. The van der Waals surface area contributed by atoms with Crippen LogP contribution < -0.4 is 4.72 Å². The second kappa shape index (κ2) is 4.69. The van der Waals surface area contributed by atoms with Crippen LogP contribution in [0, 0.1) is 0 Å². The van der Waals surface area contributed by atoms with E-state index >= 15 is 0 Å². The molecule has 1 aromatic heterocycles. The molecule has 1 aliphatic rings. The molecule has 1 aromatic rings. The Balaban J connectivity index is 2.31. The van der Waals surface area contributed by atoms with Gasteiger partial charge in [-0.1, -0.05) is 11.6 Å². The van der Waals surface area contributed by atoms with Crippen LogP contribution in [0.3, 0.4) is 0 Å². The van der Waals surface area contributed by atoms with E-state index in [4.69, 9.17) is 11.6 Å². The number of pyridine rings is 1. The molecule has 0 radical (unpaired) electrons. The van der Waals surface area contributed by atoms with Gasteiger partial charge in [0.25, 0.3) is 0 Å². The summed E-state index contributed by atoms with van der Waals surface area (Å²) in [6, 6.07) is 2.78. The topological polar surface area (TPSA) is 93.2 Å². The van der Waals surface area contributed by atoms with Crippen molar-refractivity contribution < 1.29 is 16.8 Å². The van der Waals surface area contributed by atoms with E-state index in [2.05, 4.69) is 9.71 Å². The van der Waals surface area contributed by atoms with Gasteiger partial charge in [0.15, 0.2) is 9.84 Å². The van der Waals surface area contributed by atoms with Gasteiger partial charge in [-0.3, -0.25) is 0 Å². The number of halogens is 1. The molecule has 1 atom stereocenters. The van der Waals surface area contributed by atoms with E-state index in [1.54, 1.807) is 6.92 Å². The van der Waals surface area contributed by atoms with Crippen molar-refractivity contribution in [3.05, 3.63) is 23.5 Å². The number of hydrogen-bond acceptors (Lipinski definition) is 5. The summed E-state index contributed by atoms with van der Waals surface area (Å²) in [6.45, 7) is 1.57. The SMILES string of the molecule is CC1(NS(=O)(=O)c2cccnc2Cl)CCS(=O)(=O)C1. The molecule has 106 valence electrons. The molecule has 0 spiro atoms. The minimum Gasteiger partial charge on any atom is -0.243 e. The fourth-order valence-corrected chi connectivity index (χ4v) is 6.12. The largest absolute Gasteiger partial charge is 0.244 e. The van der Waals surface area contributed by atoms with Gasteiger partial charge in [-0.15, -0.1) is 0 Å². The second-order valence-corrected chi connectivity index (χ2v) is 8.99. The third kappa shape index (κ3) is 3.25. The van der Waals surface area contributed by atoms with Gasteiger partial charge in [0.1, 0.15) is 10.0 Å². The predicted molar refractivity (Wildman–Crippen MR) is 71.2 cm³/mol. The van der Waals surface area contributed by atoms with E-state index in [9.17, 15) is 16.8 Å². The van der Waals surface area contributed by atoms with Crippen LogP contribution in [-0.2, 0) is 19.9 Å². The summed E-state index contributed by atoms with van der Waals surface area (Å²) in [5.41, 5.74) is -1.00. The van der Waals surface area contributed by atoms with Gasteiger partial charge in [-0.05, 0) is 25.5 Å². The van der Waals surface area contributed by atoms with Crippen LogP contribution in [0.25, 0.3) is 0 Å². The van der Waals surface area contributed by atoms with Crippen molar-refractivity contribution in [2.45, 2.75) is 23.8 Å². The molecule has 2 rings (SSSR count). The molecule has 9 heteroatoms. The first-order valence-corrected chi connectivity index (χ1v) is 9.17. The third-order valence-corrected chi connectivity index (χ3v) is 6.88. The monoisotopic (exact) mass is 324 g/mol. The van der Waals surface area contributed by atoms with E-state index in [0.29, 0.717) is 0 Å². The lowest BCUT2D eigenvalue weighted by Gasteiger charge is -2.23. The summed E-state index contributed by atoms with van der Waals surface area (Å²) >= 11 is 5.75. The number of sulfone groups is 1. The lowest BCUT2D eigenvalue weighted by atomic mass is 10.0. The van der Waals surface area contributed by atoms with Gasteiger partial charge in [0, 0.05) is 11.7 Å². The average Bonchev–Trinajstić information content (AvgIpc) is 2.52. The number of aromatic nitrogens is 1. The second-order valence-electron chi connectivity index (χ2n) is 4.80. The maximum Gasteiger partial charge on any atom is 0.244 e. The number of nitrogens with one attached hydrogen (secondary N) is 1. The summed E-state index contributed by atoms with van der Waals surface area (Å²) in [6.07, 6.45) is 1.62. The Morgan fingerprint density at radius 2 is 2.16 bits per heavy atom. The molecule has 0 amide bonds. The van der Waals surface area contributed by atoms with Crippen LogP contribution in [0.4, 0.5) is 0 Å². The van der Waals surface area contributed by atoms with Crippen molar-refractivity contribution in [2.24, 2.45) is 0 Å². The first-order chi connectivity index (χ1) is 8.64. The number of hydrogen-bond donors (Lipinski definition) is 1. The van der Waals surface area contributed by atoms with Gasteiger partial charge in [-0.25, -0.2) is 26.5 Å². The fraction of sp³-hybridized carbons (Fsp3) is 0.500. The molecule has 0 aromatic carbocycles. The van der Waals surface area contributed by atoms with Gasteiger partial charge < -0.3 is 0 Å². The van der Waals surface area contributed by atoms with E-state index in [1.807, 2.05) is 0 Å². The van der Waals surface area contributed by atoms with Crippen LogP contribution in [0.15, 0.2) is 23.2 Å². The maximum absolute atomic E-state index is 12.2. The molecule has 6 nitrogen and oxygen atoms in total. The highest BCUT2D eigenvalue weighted by molar-refractivity contribution is 7.92. The Morgan fingerprint density at radius 1 is 1.47 bits per heavy atom. The standard InChI is InChI=1S/C10H13ClN2O4S2/c1-10(4-6-18(14,15)7-10)13-19(16,17)8-3-2-5-12-9(8)11/h2-3,5,13H,4,6-7H2,1H3. The lowest BCUT2D eigenvalue weighted by Crippen LogP contribution is -2.46. The summed E-state index contributed by atoms with van der Waals surface area (Å²) in [5, 5.41) is -0.139. The summed E-state index contributed by atoms with van der Waals surface area (Å²) in [5.74, 6) is -0.232. The van der Waals surface area contributed by atoms with Crippen LogP contribution in [0.1, 0.15) is 13.3 Å². The zero-order valence-corrected chi connectivity index (χ0v) is 12.5. The number of nitrogens with zero attached hydrogens (tertiary/aromatic N) is 1. The zero-order chi connectivity index (χ0) is 14.3. The lowest BCUT2D eigenvalue weighted by molar-refractivity contribution is 0.461. The van der Waals surface area contributed by atoms with Crippen molar-refractivity contribution in [1.29, 1.82) is 0 Å². The van der Waals surface area contributed by atoms with E-state index in [0.717, 1.165) is 0 Å². The maximum atomic E-state index is 12.2. The van der Waals surface area contributed by atoms with E-state index < -0.39 is 25.4 Å². The van der Waals surface area contributed by atoms with Crippen LogP contribution >= 0.6 is 11.6 Å². The predicted octanol–water partition coefficient (Wildman–Crippen LogP) is 0.591. The molecule has 1 unspecified atom stereocenters. The van der Waals surface area contributed by atoms with Crippen molar-refractivity contribution in [3.63, 3.8) is 0 Å². The first kappa shape index (κ1) is 14.7. The molecule has 1 fully saturated rings. The Kier molecular flexibility index (Phi) is 3.63. The summed E-state index contributed by atoms with van der Waals surface area (Å²) in [4.78, 5) is 3.55. The molecule has 1 saturated heterocycles. The Labute approximate surface area is 117 Å². The molecule has 1 aliphatic heterocycles. The van der Waals surface area contributed by atoms with Crippen molar-refractivity contribution >= 4 is 31.5 Å². The molecule has 2 heterocycles. The fourth-order valence-electron chi connectivity index (χ4n) is 2.04. The summed E-state index contributed by atoms with van der Waals surface area (Å²) in [7, 11) is -7.09. The minimum atomic E-state index is -3.89. The molecule has 0 saturated carbocycles. The van der Waals surface area contributed by atoms with Crippen molar-refractivity contribution in [2.75, 3.05) is 11.5 Å². The Hall–Kier alpha value is -0.700. The van der Waals surface area contributed by atoms with Gasteiger partial charge >= 0.3 is 0 Å². The third-order valence-electron chi connectivity index (χ3n) is 2.90. The first-order valence-electron chi connectivity index (χ1n) is 5.49. The van der Waals surface area contributed by atoms with E-state index in [1.165, 1.54) is 18.3 Å². The van der Waals surface area contributed by atoms with E-state index in [-0.39, 0.29) is 28.0 Å². The highest BCUT2D eigenvalue weighted by Crippen LogP contribution is 2.26. The van der Waals surface area contributed by atoms with Crippen LogP contribution in [0.5, 0.6) is 0 Å². The molecule has 0 bridgehead atoms. The van der Waals surface area contributed by atoms with Crippen molar-refractivity contribution in [1.82, 2.24) is 9.71 Å². The number of sulfonamides is 1. The zero-order valence-electron chi connectivity index (χ0n) is 10.1. The molecule has 19 heavy (non-hydrogen) atoms. The molecule has 0 aliphatic carbocycles. The van der Waals surface area contributed by atoms with Crippen LogP contribution in [0.2, 0.25) is 5.15 Å². The number of rotatable bonds is 3. The van der Waals surface area contributed by atoms with Crippen molar-refractivity contribution in [3.8, 4) is 0 Å². The summed E-state index contributed by atoms with van der Waals surface area (Å²) < 4.78 is 49.7. The minimum absolute atomic E-state index is 0.0210.